The number of hydrogen-bond acceptors (Lipinski definition) is 5. The van der Waals surface area contributed by atoms with Gasteiger partial charge in [0.25, 0.3) is 5.91 Å². The van der Waals surface area contributed by atoms with E-state index in [0.717, 1.165) is 17.1 Å². The average molecular weight is 454 g/mol. The summed E-state index contributed by atoms with van der Waals surface area (Å²) in [4.78, 5) is 12.4. The highest BCUT2D eigenvalue weighted by Crippen LogP contribution is 2.19. The quantitative estimate of drug-likeness (QED) is 0.328. The molecule has 0 atom stereocenters. The molecule has 1 N–H and O–H groups in total. The maximum atomic E-state index is 12.4. The Hall–Kier alpha value is -3.94. The van der Waals surface area contributed by atoms with E-state index in [1.807, 2.05) is 43.3 Å². The number of nitrogens with zero attached hydrogens (tertiary/aromatic N) is 1. The van der Waals surface area contributed by atoms with Crippen molar-refractivity contribution >= 4 is 11.6 Å². The van der Waals surface area contributed by atoms with E-state index in [2.05, 4.69) is 15.3 Å². The zero-order chi connectivity index (χ0) is 23.6. The lowest BCUT2D eigenvalue weighted by Crippen LogP contribution is -2.19. The van der Waals surface area contributed by atoms with Crippen LogP contribution in [-0.2, 0) is 6.61 Å². The van der Waals surface area contributed by atoms with Gasteiger partial charge in [-0.25, -0.2) is 5.43 Å². The number of hydrogen-bond donors (Lipinski definition) is 1. The molecule has 0 radical (unpaired) electrons. The molecule has 3 aromatic carbocycles. The number of carbonyl (C=O) groups is 1. The number of hydrazone groups is 1. The minimum absolute atomic E-state index is 0.0529. The van der Waals surface area contributed by atoms with E-state index in [9.17, 15) is 13.6 Å². The molecule has 1 amide bonds. The van der Waals surface area contributed by atoms with Crippen molar-refractivity contribution in [2.45, 2.75) is 27.1 Å². The largest absolute Gasteiger partial charge is 0.494 e. The predicted octanol–water partition coefficient (Wildman–Crippen LogP) is 5.42. The summed E-state index contributed by atoms with van der Waals surface area (Å²) in [5, 5.41) is 4.07. The summed E-state index contributed by atoms with van der Waals surface area (Å²) >= 11 is 0. The van der Waals surface area contributed by atoms with Crippen LogP contribution >= 0.6 is 0 Å². The molecule has 3 rings (SSSR count). The molecule has 0 aliphatic carbocycles. The minimum Gasteiger partial charge on any atom is -0.494 e. The summed E-state index contributed by atoms with van der Waals surface area (Å²) in [6.07, 6.45) is 0. The first-order valence-electron chi connectivity index (χ1n) is 10.3. The highest BCUT2D eigenvalue weighted by atomic mass is 19.3. The van der Waals surface area contributed by atoms with Gasteiger partial charge in [0.1, 0.15) is 23.9 Å². The maximum absolute atomic E-state index is 12.4. The first kappa shape index (κ1) is 23.7. The summed E-state index contributed by atoms with van der Waals surface area (Å²) in [6.45, 7) is 1.71. The van der Waals surface area contributed by atoms with E-state index >= 15 is 0 Å². The lowest BCUT2D eigenvalue weighted by Gasteiger charge is -2.08. The molecule has 8 heteroatoms. The molecule has 0 aliphatic heterocycles. The van der Waals surface area contributed by atoms with Crippen LogP contribution in [0.5, 0.6) is 17.2 Å². The molecule has 0 aliphatic rings. The fourth-order valence-electron chi connectivity index (χ4n) is 2.86. The summed E-state index contributed by atoms with van der Waals surface area (Å²) < 4.78 is 39.9. The maximum Gasteiger partial charge on any atom is 0.387 e. The van der Waals surface area contributed by atoms with Crippen LogP contribution in [0.3, 0.4) is 0 Å². The van der Waals surface area contributed by atoms with E-state index in [1.165, 1.54) is 12.1 Å². The second-order valence-electron chi connectivity index (χ2n) is 6.93. The lowest BCUT2D eigenvalue weighted by atomic mass is 10.1. The number of nitrogens with one attached hydrogen (secondary N) is 1. The van der Waals surface area contributed by atoms with Crippen LogP contribution in [0.1, 0.15) is 35.3 Å². The highest BCUT2D eigenvalue weighted by molar-refractivity contribution is 6.00. The van der Waals surface area contributed by atoms with Crippen LogP contribution in [0.2, 0.25) is 0 Å². The number of amides is 1. The number of ether oxygens (including phenoxy) is 3. The fourth-order valence-corrected chi connectivity index (χ4v) is 2.86. The summed E-state index contributed by atoms with van der Waals surface area (Å²) in [5.74, 6) is 1.19. The van der Waals surface area contributed by atoms with Crippen molar-refractivity contribution in [1.29, 1.82) is 0 Å². The normalized spacial score (nSPS) is 11.2. The Morgan fingerprint density at radius 1 is 0.848 bits per heavy atom. The molecule has 172 valence electrons. The van der Waals surface area contributed by atoms with Crippen LogP contribution in [0.4, 0.5) is 8.78 Å². The van der Waals surface area contributed by atoms with Crippen molar-refractivity contribution in [2.24, 2.45) is 5.10 Å². The Balaban J connectivity index is 1.52. The molecule has 0 spiro atoms. The monoisotopic (exact) mass is 454 g/mol. The number of alkyl halides is 2. The molecule has 0 saturated heterocycles. The van der Waals surface area contributed by atoms with Gasteiger partial charge in [-0.2, -0.15) is 13.9 Å². The second kappa shape index (κ2) is 11.6. The van der Waals surface area contributed by atoms with Gasteiger partial charge in [0.2, 0.25) is 0 Å². The summed E-state index contributed by atoms with van der Waals surface area (Å²) in [5.41, 5.74) is 5.03. The number of carbonyl (C=O) groups excluding carboxylic acids is 1. The van der Waals surface area contributed by atoms with E-state index in [-0.39, 0.29) is 11.7 Å². The zero-order valence-corrected chi connectivity index (χ0v) is 18.3. The van der Waals surface area contributed by atoms with Gasteiger partial charge in [0.05, 0.1) is 12.3 Å². The van der Waals surface area contributed by atoms with E-state index in [1.54, 1.807) is 31.2 Å². The van der Waals surface area contributed by atoms with Gasteiger partial charge in [-0.15, -0.1) is 0 Å². The molecular weight excluding hydrogens is 430 g/mol. The van der Waals surface area contributed by atoms with Gasteiger partial charge in [0.15, 0.2) is 0 Å². The topological polar surface area (TPSA) is 69.2 Å². The predicted molar refractivity (Wildman–Crippen MR) is 121 cm³/mol. The number of halogens is 2. The minimum atomic E-state index is -2.88. The molecule has 3 aromatic rings. The first-order chi connectivity index (χ1) is 15.9. The van der Waals surface area contributed by atoms with Gasteiger partial charge >= 0.3 is 6.61 Å². The molecule has 0 saturated carbocycles. The van der Waals surface area contributed by atoms with Crippen molar-refractivity contribution in [3.05, 3.63) is 89.5 Å². The van der Waals surface area contributed by atoms with Crippen molar-refractivity contribution in [3.8, 4) is 17.2 Å². The third kappa shape index (κ3) is 7.31. The molecular formula is C25H24F2N2O4. The highest BCUT2D eigenvalue weighted by Gasteiger charge is 2.07. The molecule has 0 fully saturated rings. The zero-order valence-electron chi connectivity index (χ0n) is 18.3. The van der Waals surface area contributed by atoms with Gasteiger partial charge in [-0.3, -0.25) is 4.79 Å². The fraction of sp³-hybridized carbons (Fsp3) is 0.200. The van der Waals surface area contributed by atoms with Crippen LogP contribution in [0.15, 0.2) is 77.9 Å². The summed E-state index contributed by atoms with van der Waals surface area (Å²) in [7, 11) is 0. The van der Waals surface area contributed by atoms with Crippen molar-refractivity contribution < 1.29 is 27.8 Å². The molecule has 0 unspecified atom stereocenters. The van der Waals surface area contributed by atoms with Gasteiger partial charge < -0.3 is 14.2 Å². The Labute approximate surface area is 190 Å². The summed E-state index contributed by atoms with van der Waals surface area (Å²) in [6, 6.07) is 20.4. The van der Waals surface area contributed by atoms with E-state index < -0.39 is 6.61 Å². The van der Waals surface area contributed by atoms with Gasteiger partial charge in [0, 0.05) is 5.56 Å². The van der Waals surface area contributed by atoms with Crippen LogP contribution in [0, 0.1) is 0 Å². The standard InChI is InChI=1S/C25H24F2N2O4/c1-3-31-21-12-14-22(15-13-21)32-16-18-4-6-20(7-5-18)24(30)29-28-17(2)19-8-10-23(11-9-19)33-25(26)27/h4-15,25H,3,16H2,1-2H3,(H,29,30). The second-order valence-corrected chi connectivity index (χ2v) is 6.93. The number of rotatable bonds is 10. The van der Waals surface area contributed by atoms with Crippen LogP contribution in [0.25, 0.3) is 0 Å². The third-order valence-electron chi connectivity index (χ3n) is 4.58. The van der Waals surface area contributed by atoms with Crippen LogP contribution in [-0.4, -0.2) is 24.8 Å². The van der Waals surface area contributed by atoms with E-state index in [0.29, 0.717) is 30.1 Å². The molecule has 0 heterocycles. The van der Waals surface area contributed by atoms with Crippen molar-refractivity contribution in [2.75, 3.05) is 6.61 Å². The Bertz CT molecular complexity index is 1070. The van der Waals surface area contributed by atoms with Crippen LogP contribution < -0.4 is 19.6 Å². The third-order valence-corrected chi connectivity index (χ3v) is 4.58. The van der Waals surface area contributed by atoms with Gasteiger partial charge in [-0.05, 0) is 85.6 Å². The smallest absolute Gasteiger partial charge is 0.387 e. The molecule has 6 nitrogen and oxygen atoms in total. The average Bonchev–Trinajstić information content (AvgIpc) is 2.82. The molecule has 33 heavy (non-hydrogen) atoms. The number of benzene rings is 3. The first-order valence-corrected chi connectivity index (χ1v) is 10.3. The lowest BCUT2D eigenvalue weighted by molar-refractivity contribution is -0.0498. The van der Waals surface area contributed by atoms with Crippen molar-refractivity contribution in [1.82, 2.24) is 5.43 Å². The Kier molecular flexibility index (Phi) is 8.35. The van der Waals surface area contributed by atoms with Crippen molar-refractivity contribution in [3.63, 3.8) is 0 Å². The molecule has 0 aromatic heterocycles. The van der Waals surface area contributed by atoms with Gasteiger partial charge in [-0.1, -0.05) is 12.1 Å². The van der Waals surface area contributed by atoms with E-state index in [4.69, 9.17) is 9.47 Å². The Morgan fingerprint density at radius 3 is 1.97 bits per heavy atom. The molecule has 0 bridgehead atoms. The Morgan fingerprint density at radius 2 is 1.39 bits per heavy atom. The SMILES string of the molecule is CCOc1ccc(OCc2ccc(C(=O)NN=C(C)c3ccc(OC(F)F)cc3)cc2)cc1.